The number of fused-ring (bicyclic) bond motifs is 1. The summed E-state index contributed by atoms with van der Waals surface area (Å²) in [5.41, 5.74) is 0.804. The molecule has 0 radical (unpaired) electrons. The second-order valence-electron chi connectivity index (χ2n) is 4.93. The molecule has 1 aliphatic rings. The molecule has 24 heavy (non-hydrogen) atoms. The molecule has 1 aromatic carbocycles. The van der Waals surface area contributed by atoms with Gasteiger partial charge < -0.3 is 13.9 Å². The molecule has 0 fully saturated rings. The van der Waals surface area contributed by atoms with E-state index in [-0.39, 0.29) is 25.1 Å². The first-order valence-corrected chi connectivity index (χ1v) is 8.56. The highest BCUT2D eigenvalue weighted by molar-refractivity contribution is 9.11. The number of aromatic nitrogens is 2. The van der Waals surface area contributed by atoms with Crippen molar-refractivity contribution in [1.29, 1.82) is 0 Å². The summed E-state index contributed by atoms with van der Waals surface area (Å²) in [5.74, 6) is 1.44. The molecule has 4 rings (SSSR count). The third-order valence-electron chi connectivity index (χ3n) is 3.26. The number of benzene rings is 1. The zero-order valence-electron chi connectivity index (χ0n) is 12.1. The van der Waals surface area contributed by atoms with Crippen molar-refractivity contribution in [2.45, 2.75) is 6.42 Å². The Bertz CT molecular complexity index is 908. The van der Waals surface area contributed by atoms with E-state index in [1.807, 2.05) is 18.2 Å². The fourth-order valence-electron chi connectivity index (χ4n) is 2.20. The molecule has 0 bridgehead atoms. The minimum absolute atomic E-state index is 0.0697. The molecule has 1 aliphatic heterocycles. The van der Waals surface area contributed by atoms with Gasteiger partial charge in [0.25, 0.3) is 5.89 Å². The molecule has 0 atom stereocenters. The summed E-state index contributed by atoms with van der Waals surface area (Å²) >= 11 is 4.84. The quantitative estimate of drug-likeness (QED) is 0.712. The monoisotopic (exact) mass is 407 g/mol. The van der Waals surface area contributed by atoms with Crippen LogP contribution < -0.4 is 14.8 Å². The second-order valence-corrected chi connectivity index (χ2v) is 7.39. The standard InChI is InChI=1S/C15H10BrN3O4S/c16-12-4-3-11(24-12)14-18-19-15(23-14)17-13(20)6-8-1-2-9-10(5-8)22-7-21-9/h1-5H,6-7H2,(H,17,19,20). The zero-order valence-corrected chi connectivity index (χ0v) is 14.5. The first-order chi connectivity index (χ1) is 11.7. The minimum Gasteiger partial charge on any atom is -0.454 e. The predicted octanol–water partition coefficient (Wildman–Crippen LogP) is 3.47. The number of amides is 1. The van der Waals surface area contributed by atoms with Crippen LogP contribution in [0.2, 0.25) is 0 Å². The van der Waals surface area contributed by atoms with Gasteiger partial charge in [-0.2, -0.15) is 0 Å². The van der Waals surface area contributed by atoms with Crippen LogP contribution in [0.25, 0.3) is 10.8 Å². The summed E-state index contributed by atoms with van der Waals surface area (Å²) < 4.78 is 17.0. The van der Waals surface area contributed by atoms with Crippen LogP contribution >= 0.6 is 27.3 Å². The number of hydrogen-bond acceptors (Lipinski definition) is 7. The molecule has 3 heterocycles. The van der Waals surface area contributed by atoms with Gasteiger partial charge in [-0.3, -0.25) is 10.1 Å². The van der Waals surface area contributed by atoms with E-state index in [2.05, 4.69) is 31.4 Å². The second kappa shape index (κ2) is 6.25. The van der Waals surface area contributed by atoms with Crippen molar-refractivity contribution in [2.24, 2.45) is 0 Å². The Balaban J connectivity index is 1.42. The fraction of sp³-hybridized carbons (Fsp3) is 0.133. The minimum atomic E-state index is -0.253. The van der Waals surface area contributed by atoms with Crippen molar-refractivity contribution in [3.05, 3.63) is 39.7 Å². The maximum absolute atomic E-state index is 12.1. The van der Waals surface area contributed by atoms with Gasteiger partial charge in [0.1, 0.15) is 0 Å². The molecule has 2 aromatic heterocycles. The molecule has 1 amide bonds. The normalized spacial score (nSPS) is 12.4. The molecule has 122 valence electrons. The lowest BCUT2D eigenvalue weighted by Crippen LogP contribution is -2.14. The van der Waals surface area contributed by atoms with Gasteiger partial charge in [0.05, 0.1) is 15.1 Å². The number of carbonyl (C=O) groups is 1. The van der Waals surface area contributed by atoms with Crippen molar-refractivity contribution >= 4 is 39.2 Å². The van der Waals surface area contributed by atoms with Crippen molar-refractivity contribution in [2.75, 3.05) is 12.1 Å². The third-order valence-corrected chi connectivity index (χ3v) is 4.87. The smallest absolute Gasteiger partial charge is 0.322 e. The highest BCUT2D eigenvalue weighted by Crippen LogP contribution is 2.33. The zero-order chi connectivity index (χ0) is 16.5. The largest absolute Gasteiger partial charge is 0.454 e. The maximum Gasteiger partial charge on any atom is 0.322 e. The fourth-order valence-corrected chi connectivity index (χ4v) is 3.51. The van der Waals surface area contributed by atoms with E-state index in [1.165, 1.54) is 11.3 Å². The topological polar surface area (TPSA) is 86.5 Å². The summed E-state index contributed by atoms with van der Waals surface area (Å²) in [6.45, 7) is 0.203. The van der Waals surface area contributed by atoms with Crippen LogP contribution in [-0.2, 0) is 11.2 Å². The Morgan fingerprint density at radius 1 is 1.21 bits per heavy atom. The van der Waals surface area contributed by atoms with Gasteiger partial charge in [0.15, 0.2) is 11.5 Å². The Labute approximate surface area is 148 Å². The number of halogens is 1. The van der Waals surface area contributed by atoms with Crippen LogP contribution in [0.15, 0.2) is 38.5 Å². The Hall–Kier alpha value is -2.39. The third kappa shape index (κ3) is 3.13. The lowest BCUT2D eigenvalue weighted by atomic mass is 10.1. The highest BCUT2D eigenvalue weighted by Gasteiger charge is 2.16. The first kappa shape index (κ1) is 15.2. The summed E-state index contributed by atoms with van der Waals surface area (Å²) in [5, 5.41) is 10.4. The highest BCUT2D eigenvalue weighted by atomic mass is 79.9. The van der Waals surface area contributed by atoms with Crippen LogP contribution in [-0.4, -0.2) is 22.9 Å². The van der Waals surface area contributed by atoms with Crippen molar-refractivity contribution in [1.82, 2.24) is 10.2 Å². The Morgan fingerprint density at radius 3 is 2.92 bits per heavy atom. The lowest BCUT2D eigenvalue weighted by molar-refractivity contribution is -0.115. The van der Waals surface area contributed by atoms with Crippen molar-refractivity contribution in [3.8, 4) is 22.3 Å². The number of ether oxygens (including phenoxy) is 2. The molecule has 0 saturated heterocycles. The molecule has 0 aliphatic carbocycles. The summed E-state index contributed by atoms with van der Waals surface area (Å²) in [4.78, 5) is 12.9. The number of hydrogen-bond donors (Lipinski definition) is 1. The number of nitrogens with one attached hydrogen (secondary N) is 1. The molecule has 7 nitrogen and oxygen atoms in total. The number of nitrogens with zero attached hydrogens (tertiary/aromatic N) is 2. The van der Waals surface area contributed by atoms with E-state index < -0.39 is 0 Å². The number of anilines is 1. The van der Waals surface area contributed by atoms with E-state index >= 15 is 0 Å². The molecule has 0 unspecified atom stereocenters. The van der Waals surface area contributed by atoms with E-state index in [4.69, 9.17) is 13.9 Å². The average molecular weight is 408 g/mol. The Kier molecular flexibility index (Phi) is 3.95. The molecule has 0 spiro atoms. The van der Waals surface area contributed by atoms with Crippen LogP contribution in [0.1, 0.15) is 5.56 Å². The lowest BCUT2D eigenvalue weighted by Gasteiger charge is -2.02. The van der Waals surface area contributed by atoms with Crippen molar-refractivity contribution < 1.29 is 18.7 Å². The predicted molar refractivity (Wildman–Crippen MR) is 90.2 cm³/mol. The molecule has 9 heteroatoms. The molecule has 1 N–H and O–H groups in total. The number of thiophene rings is 1. The molecular formula is C15H10BrN3O4S. The van der Waals surface area contributed by atoms with Crippen LogP contribution in [0.5, 0.6) is 11.5 Å². The average Bonchev–Trinajstić information content (AvgIpc) is 3.27. The molecular weight excluding hydrogens is 398 g/mol. The number of rotatable bonds is 4. The number of carbonyl (C=O) groups excluding carboxylic acids is 1. The maximum atomic E-state index is 12.1. The van der Waals surface area contributed by atoms with E-state index in [0.29, 0.717) is 17.4 Å². The first-order valence-electron chi connectivity index (χ1n) is 6.95. The van der Waals surface area contributed by atoms with Gasteiger partial charge >= 0.3 is 6.01 Å². The SMILES string of the molecule is O=C(Cc1ccc2c(c1)OCO2)Nc1nnc(-c2ccc(Br)s2)o1. The van der Waals surface area contributed by atoms with Gasteiger partial charge in [-0.25, -0.2) is 0 Å². The van der Waals surface area contributed by atoms with Gasteiger partial charge in [0, 0.05) is 0 Å². The van der Waals surface area contributed by atoms with Crippen LogP contribution in [0.3, 0.4) is 0 Å². The molecule has 0 saturated carbocycles. The van der Waals surface area contributed by atoms with Crippen molar-refractivity contribution in [3.63, 3.8) is 0 Å². The van der Waals surface area contributed by atoms with Crippen LogP contribution in [0.4, 0.5) is 6.01 Å². The summed E-state index contributed by atoms with van der Waals surface area (Å²) in [6, 6.07) is 9.20. The summed E-state index contributed by atoms with van der Waals surface area (Å²) in [6.07, 6.45) is 0.166. The van der Waals surface area contributed by atoms with Crippen LogP contribution in [0, 0.1) is 0 Å². The van der Waals surface area contributed by atoms with E-state index in [1.54, 1.807) is 12.1 Å². The van der Waals surface area contributed by atoms with Gasteiger partial charge in [-0.1, -0.05) is 11.2 Å². The molecule has 3 aromatic rings. The van der Waals surface area contributed by atoms with Gasteiger partial charge in [-0.05, 0) is 45.8 Å². The Morgan fingerprint density at radius 2 is 2.08 bits per heavy atom. The summed E-state index contributed by atoms with van der Waals surface area (Å²) in [7, 11) is 0. The van der Waals surface area contributed by atoms with Gasteiger partial charge in [-0.15, -0.1) is 16.4 Å². The van der Waals surface area contributed by atoms with Gasteiger partial charge in [0.2, 0.25) is 12.7 Å². The van der Waals surface area contributed by atoms with E-state index in [0.717, 1.165) is 14.2 Å². The van der Waals surface area contributed by atoms with E-state index in [9.17, 15) is 4.79 Å².